The quantitative estimate of drug-likeness (QED) is 0.233. The summed E-state index contributed by atoms with van der Waals surface area (Å²) in [6.07, 6.45) is 2.67. The van der Waals surface area contributed by atoms with E-state index in [1.807, 2.05) is 48.5 Å². The molecule has 0 spiro atoms. The smallest absolute Gasteiger partial charge is 0.260 e. The van der Waals surface area contributed by atoms with E-state index in [-0.39, 0.29) is 6.54 Å². The average molecular weight is 510 g/mol. The number of hydrogen-bond acceptors (Lipinski definition) is 4. The number of halogens is 1. The maximum atomic E-state index is 12.5. The molecule has 4 rings (SSSR count). The SMILES string of the molecule is CS(=O)(=O)N(CC(=O)N/N=C\c1c2ccccc2cc2ccccc12)c1ccc(Br)cc1. The van der Waals surface area contributed by atoms with Crippen molar-refractivity contribution in [3.63, 3.8) is 0 Å². The highest BCUT2D eigenvalue weighted by Gasteiger charge is 2.20. The third-order valence-electron chi connectivity index (χ3n) is 5.00. The molecule has 4 aromatic rings. The number of carbonyl (C=O) groups excluding carboxylic acids is 1. The minimum Gasteiger partial charge on any atom is -0.271 e. The average Bonchev–Trinajstić information content (AvgIpc) is 2.77. The number of sulfonamides is 1. The molecule has 0 fully saturated rings. The monoisotopic (exact) mass is 509 g/mol. The lowest BCUT2D eigenvalue weighted by Crippen LogP contribution is -2.39. The van der Waals surface area contributed by atoms with E-state index in [1.54, 1.807) is 30.5 Å². The van der Waals surface area contributed by atoms with Gasteiger partial charge in [-0.25, -0.2) is 13.8 Å². The van der Waals surface area contributed by atoms with Gasteiger partial charge in [-0.1, -0.05) is 64.5 Å². The van der Waals surface area contributed by atoms with E-state index >= 15 is 0 Å². The number of carbonyl (C=O) groups is 1. The summed E-state index contributed by atoms with van der Waals surface area (Å²) in [5.74, 6) is -0.542. The van der Waals surface area contributed by atoms with Gasteiger partial charge in [-0.2, -0.15) is 5.10 Å². The van der Waals surface area contributed by atoms with Crippen LogP contribution < -0.4 is 9.73 Å². The van der Waals surface area contributed by atoms with Crippen LogP contribution >= 0.6 is 15.9 Å². The van der Waals surface area contributed by atoms with Crippen molar-refractivity contribution in [3.05, 3.63) is 88.9 Å². The van der Waals surface area contributed by atoms with Crippen LogP contribution in [-0.2, 0) is 14.8 Å². The summed E-state index contributed by atoms with van der Waals surface area (Å²) >= 11 is 3.32. The second-order valence-corrected chi connectivity index (χ2v) is 10.1. The first-order valence-corrected chi connectivity index (χ1v) is 12.4. The van der Waals surface area contributed by atoms with Gasteiger partial charge in [0.15, 0.2) is 0 Å². The van der Waals surface area contributed by atoms with Gasteiger partial charge in [0.05, 0.1) is 18.2 Å². The summed E-state index contributed by atoms with van der Waals surface area (Å²) in [6.45, 7) is -0.381. The summed E-state index contributed by atoms with van der Waals surface area (Å²) in [4.78, 5) is 12.5. The lowest BCUT2D eigenvalue weighted by Gasteiger charge is -2.21. The third-order valence-corrected chi connectivity index (χ3v) is 6.67. The number of nitrogens with zero attached hydrogens (tertiary/aromatic N) is 2. The Morgan fingerprint density at radius 1 is 0.969 bits per heavy atom. The van der Waals surface area contributed by atoms with E-state index in [0.717, 1.165) is 42.1 Å². The van der Waals surface area contributed by atoms with E-state index in [2.05, 4.69) is 32.5 Å². The number of amides is 1. The second-order valence-electron chi connectivity index (χ2n) is 7.27. The Kier molecular flexibility index (Phi) is 6.25. The Morgan fingerprint density at radius 2 is 1.53 bits per heavy atom. The molecule has 0 aliphatic carbocycles. The van der Waals surface area contributed by atoms with Crippen molar-refractivity contribution < 1.29 is 13.2 Å². The molecule has 0 aromatic heterocycles. The van der Waals surface area contributed by atoms with Crippen LogP contribution in [0.25, 0.3) is 21.5 Å². The largest absolute Gasteiger partial charge is 0.271 e. The van der Waals surface area contributed by atoms with E-state index in [9.17, 15) is 13.2 Å². The number of rotatable bonds is 6. The van der Waals surface area contributed by atoms with Crippen molar-refractivity contribution in [2.75, 3.05) is 17.1 Å². The van der Waals surface area contributed by atoms with Crippen LogP contribution in [0.1, 0.15) is 5.56 Å². The van der Waals surface area contributed by atoms with Crippen molar-refractivity contribution in [2.45, 2.75) is 0 Å². The van der Waals surface area contributed by atoms with Crippen LogP contribution in [0.15, 0.2) is 88.4 Å². The van der Waals surface area contributed by atoms with Crippen LogP contribution in [0, 0.1) is 0 Å². The summed E-state index contributed by atoms with van der Waals surface area (Å²) < 4.78 is 26.3. The van der Waals surface area contributed by atoms with Crippen molar-refractivity contribution in [3.8, 4) is 0 Å². The molecule has 6 nitrogen and oxygen atoms in total. The Labute approximate surface area is 194 Å². The number of benzene rings is 4. The van der Waals surface area contributed by atoms with Gasteiger partial charge in [0.1, 0.15) is 6.54 Å². The van der Waals surface area contributed by atoms with Gasteiger partial charge < -0.3 is 0 Å². The fraction of sp³-hybridized carbons (Fsp3) is 0.0833. The summed E-state index contributed by atoms with van der Waals surface area (Å²) in [5, 5.41) is 8.29. The third kappa shape index (κ3) is 4.81. The molecule has 162 valence electrons. The van der Waals surface area contributed by atoms with Gasteiger partial charge in [0.25, 0.3) is 5.91 Å². The minimum absolute atomic E-state index is 0.381. The summed E-state index contributed by atoms with van der Waals surface area (Å²) in [7, 11) is -3.66. The van der Waals surface area contributed by atoms with Crippen LogP contribution in [0.4, 0.5) is 5.69 Å². The fourth-order valence-electron chi connectivity index (χ4n) is 3.53. The zero-order valence-electron chi connectivity index (χ0n) is 17.2. The van der Waals surface area contributed by atoms with Gasteiger partial charge in [-0.15, -0.1) is 0 Å². The molecular formula is C24H20BrN3O3S. The maximum absolute atomic E-state index is 12.5. The van der Waals surface area contributed by atoms with Crippen molar-refractivity contribution >= 4 is 65.3 Å². The zero-order chi connectivity index (χ0) is 22.7. The molecule has 4 aromatic carbocycles. The number of anilines is 1. The molecule has 8 heteroatoms. The molecule has 0 bridgehead atoms. The van der Waals surface area contributed by atoms with Gasteiger partial charge in [-0.3, -0.25) is 9.10 Å². The van der Waals surface area contributed by atoms with Gasteiger partial charge >= 0.3 is 0 Å². The van der Waals surface area contributed by atoms with Crippen LogP contribution in [0.2, 0.25) is 0 Å². The highest BCUT2D eigenvalue weighted by molar-refractivity contribution is 9.10. The van der Waals surface area contributed by atoms with Crippen molar-refractivity contribution in [2.24, 2.45) is 5.10 Å². The molecule has 1 N–H and O–H groups in total. The number of hydrazone groups is 1. The van der Waals surface area contributed by atoms with Crippen molar-refractivity contribution in [1.29, 1.82) is 0 Å². The molecule has 0 saturated carbocycles. The number of hydrogen-bond donors (Lipinski definition) is 1. The Balaban J connectivity index is 1.59. The van der Waals surface area contributed by atoms with Crippen molar-refractivity contribution in [1.82, 2.24) is 5.43 Å². The normalized spacial score (nSPS) is 11.8. The highest BCUT2D eigenvalue weighted by Crippen LogP contribution is 2.27. The summed E-state index contributed by atoms with van der Waals surface area (Å²) in [5.41, 5.74) is 3.74. The first kappa shape index (κ1) is 22.0. The van der Waals surface area contributed by atoms with E-state index in [1.165, 1.54) is 0 Å². The second kappa shape index (κ2) is 9.10. The Bertz CT molecular complexity index is 1380. The molecule has 0 atom stereocenters. The van der Waals surface area contributed by atoms with Gasteiger partial charge in [-0.05, 0) is 51.9 Å². The zero-order valence-corrected chi connectivity index (χ0v) is 19.6. The molecule has 0 unspecified atom stereocenters. The highest BCUT2D eigenvalue weighted by atomic mass is 79.9. The first-order chi connectivity index (χ1) is 15.3. The molecule has 0 aliphatic heterocycles. The Hall–Kier alpha value is -3.23. The topological polar surface area (TPSA) is 78.8 Å². The molecular weight excluding hydrogens is 490 g/mol. The molecule has 1 amide bonds. The molecule has 0 radical (unpaired) electrons. The van der Waals surface area contributed by atoms with Crippen LogP contribution in [0.3, 0.4) is 0 Å². The van der Waals surface area contributed by atoms with Gasteiger partial charge in [0, 0.05) is 10.0 Å². The Morgan fingerprint density at radius 3 is 2.09 bits per heavy atom. The number of nitrogens with one attached hydrogen (secondary N) is 1. The van der Waals surface area contributed by atoms with E-state index < -0.39 is 15.9 Å². The molecule has 0 aliphatic rings. The summed E-state index contributed by atoms with van der Waals surface area (Å²) in [6, 6.07) is 24.7. The molecule has 32 heavy (non-hydrogen) atoms. The standard InChI is InChI=1S/C24H20BrN3O3S/c1-32(30,31)28(20-12-10-19(25)11-13-20)16-24(29)27-26-15-23-21-8-4-2-6-17(21)14-18-7-3-5-9-22(18)23/h2-15H,16H2,1H3,(H,27,29)/b26-15-. The first-order valence-electron chi connectivity index (χ1n) is 9.78. The predicted octanol–water partition coefficient (Wildman–Crippen LogP) is 4.67. The lowest BCUT2D eigenvalue weighted by atomic mass is 9.97. The molecule has 0 saturated heterocycles. The van der Waals surface area contributed by atoms with E-state index in [0.29, 0.717) is 5.69 Å². The lowest BCUT2D eigenvalue weighted by molar-refractivity contribution is -0.119. The minimum atomic E-state index is -3.66. The predicted molar refractivity (Wildman–Crippen MR) is 134 cm³/mol. The van der Waals surface area contributed by atoms with E-state index in [4.69, 9.17) is 0 Å². The molecule has 0 heterocycles. The van der Waals surface area contributed by atoms with Gasteiger partial charge in [0.2, 0.25) is 10.0 Å². The van der Waals surface area contributed by atoms with Crippen LogP contribution in [-0.4, -0.2) is 33.3 Å². The number of fused-ring (bicyclic) bond motifs is 2. The van der Waals surface area contributed by atoms with Crippen LogP contribution in [0.5, 0.6) is 0 Å². The maximum Gasteiger partial charge on any atom is 0.260 e. The fourth-order valence-corrected chi connectivity index (χ4v) is 4.65.